The summed E-state index contributed by atoms with van der Waals surface area (Å²) in [6.45, 7) is 3.39. The molecular formula is C29H26ClNO6S. The first-order valence-corrected chi connectivity index (χ1v) is 13.6. The largest absolute Gasteiger partial charge is 0.476 e. The average molecular weight is 552 g/mol. The number of hydrogen-bond donors (Lipinski definition) is 1. The number of anilines is 1. The van der Waals surface area contributed by atoms with Crippen LogP contribution in [-0.4, -0.2) is 25.1 Å². The molecule has 2 aromatic heterocycles. The fraction of sp³-hybridized carbons (Fsp3) is 0.276. The number of esters is 1. The van der Waals surface area contributed by atoms with E-state index in [9.17, 15) is 14.4 Å². The summed E-state index contributed by atoms with van der Waals surface area (Å²) < 4.78 is 17.2. The van der Waals surface area contributed by atoms with Gasteiger partial charge in [-0.2, -0.15) is 0 Å². The lowest BCUT2D eigenvalue weighted by atomic mass is 9.95. The van der Waals surface area contributed by atoms with Crippen LogP contribution in [0.2, 0.25) is 5.02 Å². The number of ether oxygens (including phenoxy) is 2. The summed E-state index contributed by atoms with van der Waals surface area (Å²) in [5, 5.41) is 3.96. The molecule has 0 saturated heterocycles. The van der Waals surface area contributed by atoms with Gasteiger partial charge in [0.05, 0.1) is 22.6 Å². The first kappa shape index (κ1) is 26.0. The van der Waals surface area contributed by atoms with E-state index in [0.717, 1.165) is 41.7 Å². The molecule has 4 aromatic rings. The number of aryl methyl sites for hydroxylation is 2. The second-order valence-electron chi connectivity index (χ2n) is 9.04. The van der Waals surface area contributed by atoms with Gasteiger partial charge in [-0.25, -0.2) is 4.79 Å². The smallest absolute Gasteiger partial charge is 0.341 e. The Balaban J connectivity index is 1.47. The van der Waals surface area contributed by atoms with Crippen molar-refractivity contribution in [3.05, 3.63) is 79.3 Å². The van der Waals surface area contributed by atoms with Crippen molar-refractivity contribution in [1.29, 1.82) is 0 Å². The van der Waals surface area contributed by atoms with Gasteiger partial charge in [-0.15, -0.1) is 11.3 Å². The minimum Gasteiger partial charge on any atom is -0.476 e. The first-order valence-electron chi connectivity index (χ1n) is 12.4. The molecule has 0 bridgehead atoms. The lowest BCUT2D eigenvalue weighted by Crippen LogP contribution is -2.23. The molecule has 0 unspecified atom stereocenters. The molecule has 1 aliphatic carbocycles. The third-order valence-corrected chi connectivity index (χ3v) is 7.91. The maximum absolute atomic E-state index is 13.5. The van der Waals surface area contributed by atoms with E-state index in [-0.39, 0.29) is 18.1 Å². The number of fused-ring (bicyclic) bond motifs is 2. The van der Waals surface area contributed by atoms with Gasteiger partial charge in [0.15, 0.2) is 12.4 Å². The summed E-state index contributed by atoms with van der Waals surface area (Å²) in [4.78, 5) is 40.3. The molecule has 0 aliphatic heterocycles. The Bertz CT molecular complexity index is 1600. The Kier molecular flexibility index (Phi) is 7.53. The summed E-state index contributed by atoms with van der Waals surface area (Å²) in [5.41, 5.74) is 2.69. The van der Waals surface area contributed by atoms with Crippen LogP contribution >= 0.6 is 22.9 Å². The zero-order chi connectivity index (χ0) is 26.8. The van der Waals surface area contributed by atoms with E-state index in [1.54, 1.807) is 43.3 Å². The van der Waals surface area contributed by atoms with Crippen molar-refractivity contribution in [3.8, 4) is 17.1 Å². The summed E-state index contributed by atoms with van der Waals surface area (Å²) in [6, 6.07) is 12.2. The van der Waals surface area contributed by atoms with E-state index in [2.05, 4.69) is 5.32 Å². The standard InChI is InChI=1S/C29H26ClNO6S/c1-3-35-29(34)24-18-9-5-7-11-22(18)38-28(24)31-23(32)15-36-27-25(33)19-14-16(2)12-13-21(19)37-26(27)17-8-4-6-10-20(17)30/h4,6,8,10,12-14H,3,5,7,9,11,15H2,1-2H3,(H,31,32). The Morgan fingerprint density at radius 3 is 2.71 bits per heavy atom. The summed E-state index contributed by atoms with van der Waals surface area (Å²) in [6.07, 6.45) is 3.64. The molecule has 1 N–H and O–H groups in total. The van der Waals surface area contributed by atoms with Gasteiger partial charge in [-0.1, -0.05) is 35.4 Å². The van der Waals surface area contributed by atoms with E-state index < -0.39 is 23.9 Å². The Morgan fingerprint density at radius 1 is 1.13 bits per heavy atom. The average Bonchev–Trinajstić information content (AvgIpc) is 3.26. The summed E-state index contributed by atoms with van der Waals surface area (Å²) in [7, 11) is 0. The first-order chi connectivity index (χ1) is 18.4. The van der Waals surface area contributed by atoms with E-state index in [4.69, 9.17) is 25.5 Å². The molecular weight excluding hydrogens is 526 g/mol. The molecule has 0 spiro atoms. The van der Waals surface area contributed by atoms with Crippen LogP contribution in [0.25, 0.3) is 22.3 Å². The second kappa shape index (κ2) is 11.0. The van der Waals surface area contributed by atoms with Crippen molar-refractivity contribution in [2.24, 2.45) is 0 Å². The van der Waals surface area contributed by atoms with Crippen molar-refractivity contribution < 1.29 is 23.5 Å². The highest BCUT2D eigenvalue weighted by Gasteiger charge is 2.28. The van der Waals surface area contributed by atoms with Crippen LogP contribution in [0.1, 0.15) is 46.1 Å². The predicted molar refractivity (Wildman–Crippen MR) is 149 cm³/mol. The zero-order valence-corrected chi connectivity index (χ0v) is 22.6. The highest BCUT2D eigenvalue weighted by atomic mass is 35.5. The zero-order valence-electron chi connectivity index (χ0n) is 21.0. The molecule has 196 valence electrons. The van der Waals surface area contributed by atoms with Crippen LogP contribution in [0, 0.1) is 6.92 Å². The molecule has 2 heterocycles. The molecule has 1 aliphatic rings. The minimum absolute atomic E-state index is 0.109. The van der Waals surface area contributed by atoms with Crippen molar-refractivity contribution >= 4 is 50.8 Å². The maximum Gasteiger partial charge on any atom is 0.341 e. The quantitative estimate of drug-likeness (QED) is 0.261. The summed E-state index contributed by atoms with van der Waals surface area (Å²) in [5.74, 6) is -0.927. The Hall–Kier alpha value is -3.62. The Morgan fingerprint density at radius 2 is 1.92 bits per heavy atom. The number of carbonyl (C=O) groups excluding carboxylic acids is 2. The van der Waals surface area contributed by atoms with Crippen LogP contribution in [0.5, 0.6) is 5.75 Å². The topological polar surface area (TPSA) is 94.8 Å². The molecule has 38 heavy (non-hydrogen) atoms. The van der Waals surface area contributed by atoms with Gasteiger partial charge >= 0.3 is 5.97 Å². The highest BCUT2D eigenvalue weighted by Crippen LogP contribution is 2.39. The van der Waals surface area contributed by atoms with Gasteiger partial charge in [0.2, 0.25) is 11.2 Å². The molecule has 7 nitrogen and oxygen atoms in total. The van der Waals surface area contributed by atoms with Gasteiger partial charge in [0.1, 0.15) is 10.6 Å². The minimum atomic E-state index is -0.511. The fourth-order valence-corrected chi connectivity index (χ4v) is 6.13. The number of hydrogen-bond acceptors (Lipinski definition) is 7. The van der Waals surface area contributed by atoms with Crippen LogP contribution in [0.15, 0.2) is 51.7 Å². The lowest BCUT2D eigenvalue weighted by Gasteiger charge is -2.13. The monoisotopic (exact) mass is 551 g/mol. The SMILES string of the molecule is CCOC(=O)c1c(NC(=O)COc2c(-c3ccccc3Cl)oc3ccc(C)cc3c2=O)sc2c1CCCC2. The lowest BCUT2D eigenvalue weighted by molar-refractivity contribution is -0.118. The molecule has 0 fully saturated rings. The molecule has 1 amide bonds. The second-order valence-corrected chi connectivity index (χ2v) is 10.6. The number of halogens is 1. The van der Waals surface area contributed by atoms with Crippen molar-refractivity contribution in [2.75, 3.05) is 18.5 Å². The van der Waals surface area contributed by atoms with Gasteiger partial charge in [-0.3, -0.25) is 9.59 Å². The van der Waals surface area contributed by atoms with Crippen molar-refractivity contribution in [1.82, 2.24) is 0 Å². The highest BCUT2D eigenvalue weighted by molar-refractivity contribution is 7.17. The van der Waals surface area contributed by atoms with E-state index >= 15 is 0 Å². The predicted octanol–water partition coefficient (Wildman–Crippen LogP) is 6.56. The molecule has 2 aromatic carbocycles. The van der Waals surface area contributed by atoms with Crippen LogP contribution in [0.4, 0.5) is 5.00 Å². The van der Waals surface area contributed by atoms with Gasteiger partial charge in [-0.05, 0) is 69.4 Å². The van der Waals surface area contributed by atoms with Crippen LogP contribution in [-0.2, 0) is 22.4 Å². The van der Waals surface area contributed by atoms with Crippen LogP contribution in [0.3, 0.4) is 0 Å². The molecule has 9 heteroatoms. The third kappa shape index (κ3) is 5.06. The normalized spacial score (nSPS) is 12.7. The van der Waals surface area contributed by atoms with Crippen LogP contribution < -0.4 is 15.5 Å². The number of rotatable bonds is 7. The van der Waals surface area contributed by atoms with Gasteiger partial charge in [0.25, 0.3) is 5.91 Å². The number of carbonyl (C=O) groups is 2. The van der Waals surface area contributed by atoms with Crippen molar-refractivity contribution in [2.45, 2.75) is 39.5 Å². The number of thiophene rings is 1. The maximum atomic E-state index is 13.5. The molecule has 0 radical (unpaired) electrons. The Labute approximate surface area is 228 Å². The van der Waals surface area contributed by atoms with E-state index in [1.165, 1.54) is 11.3 Å². The van der Waals surface area contributed by atoms with Crippen molar-refractivity contribution in [3.63, 3.8) is 0 Å². The van der Waals surface area contributed by atoms with Gasteiger partial charge < -0.3 is 19.2 Å². The number of nitrogens with one attached hydrogen (secondary N) is 1. The molecule has 0 atom stereocenters. The third-order valence-electron chi connectivity index (χ3n) is 6.37. The number of amides is 1. The summed E-state index contributed by atoms with van der Waals surface area (Å²) >= 11 is 7.80. The molecule has 0 saturated carbocycles. The molecule has 5 rings (SSSR count). The van der Waals surface area contributed by atoms with E-state index in [0.29, 0.717) is 32.1 Å². The van der Waals surface area contributed by atoms with E-state index in [1.807, 2.05) is 13.0 Å². The van der Waals surface area contributed by atoms with Gasteiger partial charge in [0, 0.05) is 10.4 Å². The fourth-order valence-electron chi connectivity index (χ4n) is 4.62. The number of benzene rings is 2.